The molecular formula is C18H31BNO3+. The van der Waals surface area contributed by atoms with Gasteiger partial charge in [-0.1, -0.05) is 25.7 Å². The number of hydrogen-bond donors (Lipinski definition) is 0. The third-order valence-corrected chi connectivity index (χ3v) is 4.19. The first kappa shape index (κ1) is 19.7. The summed E-state index contributed by atoms with van der Waals surface area (Å²) in [6.07, 6.45) is 6.67. The van der Waals surface area contributed by atoms with Crippen LogP contribution in [-0.2, 0) is 14.0 Å². The van der Waals surface area contributed by atoms with Crippen molar-refractivity contribution >= 4 is 13.5 Å². The summed E-state index contributed by atoms with van der Waals surface area (Å²) in [5.41, 5.74) is 1.24. The Morgan fingerprint density at radius 1 is 1.17 bits per heavy atom. The quantitative estimate of drug-likeness (QED) is 0.187. The molecule has 0 N–H and O–H groups in total. The lowest BCUT2D eigenvalue weighted by Crippen LogP contribution is -2.41. The normalized spacial score (nSPS) is 20.4. The molecule has 0 aromatic carbocycles. The Morgan fingerprint density at radius 3 is 2.13 bits per heavy atom. The van der Waals surface area contributed by atoms with Gasteiger partial charge in [0.1, 0.15) is 19.9 Å². The van der Waals surface area contributed by atoms with Crippen LogP contribution in [0.2, 0.25) is 0 Å². The SMILES string of the molecule is C=C(OC=[N+](C)C)C(C)=CC(=CCC)B1OC(C)(C)C(C)(C)O1. The van der Waals surface area contributed by atoms with Crippen molar-refractivity contribution in [3.8, 4) is 0 Å². The van der Waals surface area contributed by atoms with Gasteiger partial charge in [0.25, 0.3) is 0 Å². The Kier molecular flexibility index (Phi) is 6.43. The second-order valence-electron chi connectivity index (χ2n) is 7.14. The molecule has 0 bridgehead atoms. The zero-order valence-corrected chi connectivity index (χ0v) is 15.9. The standard InChI is InChI=1S/C18H31BNO3/c1-10-11-16(12-14(2)15(3)21-13-20(8)9)19-22-17(4,5)18(6,7)23-19/h11-13H,3,10H2,1-2,4-9H3/q+1. The molecular weight excluding hydrogens is 289 g/mol. The molecule has 0 saturated carbocycles. The van der Waals surface area contributed by atoms with Gasteiger partial charge in [0, 0.05) is 0 Å². The zero-order chi connectivity index (χ0) is 17.8. The number of hydrogen-bond acceptors (Lipinski definition) is 3. The molecule has 23 heavy (non-hydrogen) atoms. The largest absolute Gasteiger partial charge is 0.494 e. The first-order valence-corrected chi connectivity index (χ1v) is 8.10. The van der Waals surface area contributed by atoms with Crippen LogP contribution in [0, 0.1) is 0 Å². The minimum Gasteiger partial charge on any atom is -0.411 e. The number of rotatable bonds is 6. The van der Waals surface area contributed by atoms with Crippen molar-refractivity contribution in [3.63, 3.8) is 0 Å². The van der Waals surface area contributed by atoms with Crippen molar-refractivity contribution in [1.82, 2.24) is 0 Å². The van der Waals surface area contributed by atoms with Gasteiger partial charge in [-0.3, -0.25) is 0 Å². The molecule has 1 saturated heterocycles. The van der Waals surface area contributed by atoms with Crippen molar-refractivity contribution in [3.05, 3.63) is 35.5 Å². The van der Waals surface area contributed by atoms with Gasteiger partial charge in [0.15, 0.2) is 0 Å². The summed E-state index contributed by atoms with van der Waals surface area (Å²) in [6.45, 7) is 16.3. The highest BCUT2D eigenvalue weighted by Gasteiger charge is 2.51. The van der Waals surface area contributed by atoms with Gasteiger partial charge in [-0.2, -0.15) is 0 Å². The smallest absolute Gasteiger partial charge is 0.411 e. The Hall–Kier alpha value is -1.33. The van der Waals surface area contributed by atoms with E-state index in [1.807, 2.05) is 31.7 Å². The van der Waals surface area contributed by atoms with E-state index in [1.165, 1.54) is 0 Å². The molecule has 4 nitrogen and oxygen atoms in total. The average Bonchev–Trinajstić information content (AvgIpc) is 2.64. The molecule has 5 heteroatoms. The van der Waals surface area contributed by atoms with Crippen LogP contribution >= 0.6 is 0 Å². The molecule has 0 aromatic rings. The Labute approximate surface area is 141 Å². The van der Waals surface area contributed by atoms with E-state index < -0.39 is 0 Å². The van der Waals surface area contributed by atoms with Gasteiger partial charge < -0.3 is 14.0 Å². The van der Waals surface area contributed by atoms with Crippen LogP contribution in [0.25, 0.3) is 0 Å². The Balaban J connectivity index is 2.97. The summed E-state index contributed by atoms with van der Waals surface area (Å²) in [5.74, 6) is 0.609. The first-order valence-electron chi connectivity index (χ1n) is 8.10. The molecule has 1 rings (SSSR count). The maximum Gasteiger partial charge on any atom is 0.494 e. The molecule has 0 atom stereocenters. The van der Waals surface area contributed by atoms with Crippen LogP contribution in [-0.4, -0.2) is 43.4 Å². The third-order valence-electron chi connectivity index (χ3n) is 4.19. The molecule has 0 spiro atoms. The van der Waals surface area contributed by atoms with Gasteiger partial charge in [-0.25, -0.2) is 4.58 Å². The van der Waals surface area contributed by atoms with E-state index in [9.17, 15) is 0 Å². The van der Waals surface area contributed by atoms with E-state index in [-0.39, 0.29) is 18.3 Å². The van der Waals surface area contributed by atoms with Gasteiger partial charge in [-0.05, 0) is 52.1 Å². The van der Waals surface area contributed by atoms with Crippen molar-refractivity contribution in [2.75, 3.05) is 14.1 Å². The van der Waals surface area contributed by atoms with E-state index in [0.717, 1.165) is 17.5 Å². The van der Waals surface area contributed by atoms with Gasteiger partial charge >= 0.3 is 13.5 Å². The summed E-state index contributed by atoms with van der Waals surface area (Å²) < 4.78 is 19.6. The lowest BCUT2D eigenvalue weighted by Gasteiger charge is -2.32. The van der Waals surface area contributed by atoms with Crippen molar-refractivity contribution < 1.29 is 18.6 Å². The van der Waals surface area contributed by atoms with Crippen molar-refractivity contribution in [2.24, 2.45) is 0 Å². The summed E-state index contributed by atoms with van der Waals surface area (Å²) >= 11 is 0. The van der Waals surface area contributed by atoms with E-state index in [4.69, 9.17) is 14.0 Å². The highest BCUT2D eigenvalue weighted by atomic mass is 16.7. The van der Waals surface area contributed by atoms with Gasteiger partial charge in [0.05, 0.1) is 11.2 Å². The Morgan fingerprint density at radius 2 is 1.70 bits per heavy atom. The van der Waals surface area contributed by atoms with Crippen molar-refractivity contribution in [2.45, 2.75) is 59.2 Å². The monoisotopic (exact) mass is 320 g/mol. The minimum atomic E-state index is -0.375. The third kappa shape index (κ3) is 5.08. The van der Waals surface area contributed by atoms with E-state index in [2.05, 4.69) is 47.3 Å². The van der Waals surface area contributed by atoms with Crippen molar-refractivity contribution in [1.29, 1.82) is 0 Å². The fraction of sp³-hybridized carbons (Fsp3) is 0.611. The maximum absolute atomic E-state index is 6.14. The predicted octanol–water partition coefficient (Wildman–Crippen LogP) is 3.73. The van der Waals surface area contributed by atoms with Gasteiger partial charge in [-0.15, -0.1) is 0 Å². The lowest BCUT2D eigenvalue weighted by atomic mass is 9.76. The molecule has 0 unspecified atom stereocenters. The highest BCUT2D eigenvalue weighted by Crippen LogP contribution is 2.39. The molecule has 1 aliphatic rings. The second kappa shape index (κ2) is 7.50. The maximum atomic E-state index is 6.14. The lowest BCUT2D eigenvalue weighted by molar-refractivity contribution is -0.467. The molecule has 128 valence electrons. The van der Waals surface area contributed by atoms with Crippen LogP contribution < -0.4 is 0 Å². The average molecular weight is 320 g/mol. The summed E-state index contributed by atoms with van der Waals surface area (Å²) in [5, 5.41) is 0. The highest BCUT2D eigenvalue weighted by molar-refractivity contribution is 6.55. The molecule has 0 radical (unpaired) electrons. The minimum absolute atomic E-state index is 0.349. The molecule has 1 fully saturated rings. The van der Waals surface area contributed by atoms with Crippen LogP contribution in [0.3, 0.4) is 0 Å². The van der Waals surface area contributed by atoms with E-state index in [0.29, 0.717) is 5.76 Å². The molecule has 1 aliphatic heterocycles. The van der Waals surface area contributed by atoms with Gasteiger partial charge in [0.2, 0.25) is 0 Å². The summed E-state index contributed by atoms with van der Waals surface area (Å²) in [4.78, 5) is 0. The fourth-order valence-electron chi connectivity index (χ4n) is 2.03. The molecule has 1 heterocycles. The second-order valence-corrected chi connectivity index (χ2v) is 7.14. The summed E-state index contributed by atoms with van der Waals surface area (Å²) in [7, 11) is 3.43. The van der Waals surface area contributed by atoms with E-state index >= 15 is 0 Å². The van der Waals surface area contributed by atoms with Crippen LogP contribution in [0.15, 0.2) is 35.5 Å². The van der Waals surface area contributed by atoms with Crippen LogP contribution in [0.5, 0.6) is 0 Å². The summed E-state index contributed by atoms with van der Waals surface area (Å²) in [6, 6.07) is 0. The fourth-order valence-corrected chi connectivity index (χ4v) is 2.03. The molecule has 0 amide bonds. The Bertz CT molecular complexity index is 524. The zero-order valence-electron chi connectivity index (χ0n) is 15.9. The van der Waals surface area contributed by atoms with E-state index in [1.54, 1.807) is 6.40 Å². The van der Waals surface area contributed by atoms with Crippen LogP contribution in [0.4, 0.5) is 0 Å². The topological polar surface area (TPSA) is 30.7 Å². The first-order chi connectivity index (χ1) is 10.5. The predicted molar refractivity (Wildman–Crippen MR) is 96.6 cm³/mol. The molecule has 0 aliphatic carbocycles. The molecule has 0 aromatic heterocycles. The number of nitrogens with zero attached hydrogens (tertiary/aromatic N) is 1. The number of allylic oxidation sites excluding steroid dienone is 4. The number of ether oxygens (including phenoxy) is 1. The van der Waals surface area contributed by atoms with Crippen LogP contribution in [0.1, 0.15) is 48.0 Å².